The number of imidazole rings is 1. The van der Waals surface area contributed by atoms with Gasteiger partial charge in [-0.2, -0.15) is 18.2 Å². The number of benzene rings is 1. The summed E-state index contributed by atoms with van der Waals surface area (Å²) in [6.07, 6.45) is -7.18. The molecule has 0 spiro atoms. The van der Waals surface area contributed by atoms with Crippen LogP contribution in [-0.4, -0.2) is 45.7 Å². The number of aryl methyl sites for hydroxylation is 1. The Morgan fingerprint density at radius 1 is 1.22 bits per heavy atom. The lowest BCUT2D eigenvalue weighted by molar-refractivity contribution is -0.182. The van der Waals surface area contributed by atoms with Gasteiger partial charge in [-0.05, 0) is 43.9 Å². The molecule has 0 atom stereocenters. The Morgan fingerprint density at radius 2 is 1.92 bits per heavy atom. The normalized spacial score (nSPS) is 18.3. The summed E-state index contributed by atoms with van der Waals surface area (Å²) in [7, 11) is 1.52. The second-order valence-corrected chi connectivity index (χ2v) is 9.07. The molecule has 0 saturated heterocycles. The highest BCUT2D eigenvalue weighted by Crippen LogP contribution is 2.38. The molecule has 4 rings (SSSR count). The molecular formula is C23H22ClF6N5O2. The SMILES string of the molecule is Cn1c(Nc2c(F)cccc2Cl)nc2cc(C(=O)N[C@H]3CC[C@H](C(F)(F)F)CC3)c(OCC(F)F)nc21. The number of amides is 1. The van der Waals surface area contributed by atoms with Crippen molar-refractivity contribution >= 4 is 40.3 Å². The zero-order chi connectivity index (χ0) is 26.9. The standard InChI is InChI=1S/C23H22ClF6N5O2/c1-35-19-16(32-22(35)33-18-14(24)3-2-4-15(18)25)9-13(21(34-19)37-10-17(26)27)20(36)31-12-7-5-11(6-8-12)23(28,29)30/h2-4,9,11-12,17H,5-8,10H2,1H3,(H,31,36)(H,32,33)/t11-,12-. The van der Waals surface area contributed by atoms with Gasteiger partial charge in [0.15, 0.2) is 12.3 Å². The molecule has 37 heavy (non-hydrogen) atoms. The van der Waals surface area contributed by atoms with E-state index >= 15 is 0 Å². The summed E-state index contributed by atoms with van der Waals surface area (Å²) in [5, 5.41) is 5.48. The van der Waals surface area contributed by atoms with Crippen LogP contribution in [0, 0.1) is 11.7 Å². The number of aromatic nitrogens is 3. The summed E-state index contributed by atoms with van der Waals surface area (Å²) < 4.78 is 85.3. The first-order valence-electron chi connectivity index (χ1n) is 11.3. The predicted molar refractivity (Wildman–Crippen MR) is 124 cm³/mol. The van der Waals surface area contributed by atoms with E-state index in [1.807, 2.05) is 0 Å². The van der Waals surface area contributed by atoms with Gasteiger partial charge in [0, 0.05) is 13.1 Å². The van der Waals surface area contributed by atoms with E-state index < -0.39 is 48.8 Å². The van der Waals surface area contributed by atoms with Gasteiger partial charge in [-0.1, -0.05) is 17.7 Å². The first kappa shape index (κ1) is 26.8. The zero-order valence-corrected chi connectivity index (χ0v) is 20.1. The topological polar surface area (TPSA) is 81.1 Å². The molecule has 0 aliphatic heterocycles. The number of nitrogens with one attached hydrogen (secondary N) is 2. The Morgan fingerprint density at radius 3 is 2.54 bits per heavy atom. The highest BCUT2D eigenvalue weighted by Gasteiger charge is 2.41. The van der Waals surface area contributed by atoms with Crippen LogP contribution in [0.2, 0.25) is 5.02 Å². The number of halogens is 7. The molecule has 2 N–H and O–H groups in total. The molecule has 1 amide bonds. The fraction of sp³-hybridized carbons (Fsp3) is 0.435. The molecule has 1 fully saturated rings. The number of carbonyl (C=O) groups excluding carboxylic acids is 1. The minimum absolute atomic E-state index is 0.0517. The molecule has 3 aromatic rings. The van der Waals surface area contributed by atoms with Gasteiger partial charge in [0.2, 0.25) is 11.8 Å². The lowest BCUT2D eigenvalue weighted by atomic mass is 9.85. The van der Waals surface area contributed by atoms with Crippen molar-refractivity contribution in [1.29, 1.82) is 0 Å². The van der Waals surface area contributed by atoms with Gasteiger partial charge in [-0.25, -0.2) is 18.2 Å². The molecule has 1 saturated carbocycles. The number of nitrogens with zero attached hydrogens (tertiary/aromatic N) is 3. The Bertz CT molecular complexity index is 1270. The number of para-hydroxylation sites is 1. The number of pyridine rings is 1. The Hall–Kier alpha value is -3.22. The lowest BCUT2D eigenvalue weighted by Crippen LogP contribution is -2.40. The molecule has 14 heteroatoms. The molecule has 2 aromatic heterocycles. The highest BCUT2D eigenvalue weighted by atomic mass is 35.5. The summed E-state index contributed by atoms with van der Waals surface area (Å²) in [5.74, 6) is -3.11. The highest BCUT2D eigenvalue weighted by molar-refractivity contribution is 6.33. The van der Waals surface area contributed by atoms with Crippen LogP contribution in [0.3, 0.4) is 0 Å². The first-order chi connectivity index (χ1) is 17.4. The molecule has 0 bridgehead atoms. The van der Waals surface area contributed by atoms with Gasteiger partial charge in [0.05, 0.1) is 16.6 Å². The van der Waals surface area contributed by atoms with E-state index in [9.17, 15) is 31.1 Å². The molecule has 1 aliphatic carbocycles. The Balaban J connectivity index is 1.62. The second-order valence-electron chi connectivity index (χ2n) is 8.67. The maximum Gasteiger partial charge on any atom is 0.391 e. The smallest absolute Gasteiger partial charge is 0.391 e. The third-order valence-electron chi connectivity index (χ3n) is 6.13. The molecule has 2 heterocycles. The average Bonchev–Trinajstić information content (AvgIpc) is 3.13. The third kappa shape index (κ3) is 6.03. The van der Waals surface area contributed by atoms with Gasteiger partial charge in [0.25, 0.3) is 12.3 Å². The van der Waals surface area contributed by atoms with Crippen LogP contribution in [0.5, 0.6) is 5.88 Å². The van der Waals surface area contributed by atoms with E-state index in [0.29, 0.717) is 0 Å². The number of rotatable bonds is 7. The zero-order valence-electron chi connectivity index (χ0n) is 19.4. The maximum absolute atomic E-state index is 14.2. The van der Waals surface area contributed by atoms with E-state index in [0.717, 1.165) is 0 Å². The van der Waals surface area contributed by atoms with Crippen LogP contribution in [0.1, 0.15) is 36.0 Å². The van der Waals surface area contributed by atoms with Gasteiger partial charge in [-0.15, -0.1) is 0 Å². The van der Waals surface area contributed by atoms with Crippen molar-refractivity contribution in [3.8, 4) is 5.88 Å². The third-order valence-corrected chi connectivity index (χ3v) is 6.44. The number of alkyl halides is 5. The van der Waals surface area contributed by atoms with Crippen molar-refractivity contribution in [2.45, 2.75) is 44.3 Å². The molecule has 0 unspecified atom stereocenters. The average molecular weight is 550 g/mol. The van der Waals surface area contributed by atoms with E-state index in [1.165, 1.54) is 35.9 Å². The molecule has 1 aromatic carbocycles. The van der Waals surface area contributed by atoms with Crippen LogP contribution < -0.4 is 15.4 Å². The predicted octanol–water partition coefficient (Wildman–Crippen LogP) is 6.00. The van der Waals surface area contributed by atoms with Crippen LogP contribution >= 0.6 is 11.6 Å². The van der Waals surface area contributed by atoms with E-state index in [4.69, 9.17) is 16.3 Å². The number of anilines is 2. The number of hydrogen-bond acceptors (Lipinski definition) is 5. The van der Waals surface area contributed by atoms with E-state index in [2.05, 4.69) is 20.6 Å². The summed E-state index contributed by atoms with van der Waals surface area (Å²) in [6.45, 7) is -1.04. The van der Waals surface area contributed by atoms with E-state index in [-0.39, 0.29) is 59.1 Å². The van der Waals surface area contributed by atoms with Gasteiger partial charge >= 0.3 is 6.18 Å². The number of ether oxygens (including phenoxy) is 1. The van der Waals surface area contributed by atoms with Crippen molar-refractivity contribution in [3.05, 3.63) is 40.7 Å². The molecule has 200 valence electrons. The largest absolute Gasteiger partial charge is 0.471 e. The van der Waals surface area contributed by atoms with Crippen LogP contribution in [0.25, 0.3) is 11.2 Å². The molecular weight excluding hydrogens is 528 g/mol. The quantitative estimate of drug-likeness (QED) is 0.353. The van der Waals surface area contributed by atoms with Gasteiger partial charge < -0.3 is 15.4 Å². The molecule has 1 aliphatic rings. The van der Waals surface area contributed by atoms with Crippen molar-refractivity contribution in [2.24, 2.45) is 13.0 Å². The minimum atomic E-state index is -4.29. The van der Waals surface area contributed by atoms with E-state index in [1.54, 1.807) is 0 Å². The first-order valence-corrected chi connectivity index (χ1v) is 11.7. The minimum Gasteiger partial charge on any atom is -0.471 e. The van der Waals surface area contributed by atoms with Gasteiger partial charge in [-0.3, -0.25) is 9.36 Å². The molecule has 0 radical (unpaired) electrons. The second kappa shape index (κ2) is 10.6. The number of fused-ring (bicyclic) bond motifs is 1. The fourth-order valence-electron chi connectivity index (χ4n) is 4.18. The Labute approximate surface area is 212 Å². The van der Waals surface area contributed by atoms with Gasteiger partial charge in [0.1, 0.15) is 16.9 Å². The Kier molecular flexibility index (Phi) is 7.72. The number of carbonyl (C=O) groups is 1. The summed E-state index contributed by atoms with van der Waals surface area (Å²) in [5.41, 5.74) is 0.0399. The van der Waals surface area contributed by atoms with Crippen molar-refractivity contribution in [3.63, 3.8) is 0 Å². The number of hydrogen-bond donors (Lipinski definition) is 2. The summed E-state index contributed by atoms with van der Waals surface area (Å²) >= 11 is 6.06. The van der Waals surface area contributed by atoms with Crippen molar-refractivity contribution < 1.29 is 35.9 Å². The van der Waals surface area contributed by atoms with Crippen molar-refractivity contribution in [1.82, 2.24) is 19.9 Å². The van der Waals surface area contributed by atoms with Crippen molar-refractivity contribution in [2.75, 3.05) is 11.9 Å². The van der Waals surface area contributed by atoms with Crippen LogP contribution in [0.15, 0.2) is 24.3 Å². The summed E-state index contributed by atoms with van der Waals surface area (Å²) in [6, 6.07) is 4.82. The van der Waals surface area contributed by atoms with Crippen LogP contribution in [-0.2, 0) is 7.05 Å². The summed E-state index contributed by atoms with van der Waals surface area (Å²) in [4.78, 5) is 21.5. The van der Waals surface area contributed by atoms with Crippen LogP contribution in [0.4, 0.5) is 38.0 Å². The lowest BCUT2D eigenvalue weighted by Gasteiger charge is -2.30. The maximum atomic E-state index is 14.2. The fourth-order valence-corrected chi connectivity index (χ4v) is 4.39. The molecule has 7 nitrogen and oxygen atoms in total. The monoisotopic (exact) mass is 549 g/mol.